The predicted octanol–water partition coefficient (Wildman–Crippen LogP) is 3.51. The second-order valence-electron chi connectivity index (χ2n) is 8.26. The van der Waals surface area contributed by atoms with E-state index in [2.05, 4.69) is 0 Å². The van der Waals surface area contributed by atoms with Gasteiger partial charge in [-0.15, -0.1) is 0 Å². The molecule has 3 atom stereocenters. The molecule has 2 aromatic carbocycles. The number of benzene rings is 2. The van der Waals surface area contributed by atoms with Gasteiger partial charge in [0.1, 0.15) is 5.75 Å². The molecule has 0 saturated carbocycles. The summed E-state index contributed by atoms with van der Waals surface area (Å²) in [4.78, 5) is 25.2. The Hall–Kier alpha value is -3.33. The van der Waals surface area contributed by atoms with Crippen LogP contribution in [0, 0.1) is 18.8 Å². The van der Waals surface area contributed by atoms with E-state index < -0.39 is 40.0 Å². The zero-order chi connectivity index (χ0) is 24.5. The maximum atomic E-state index is 13.9. The minimum Gasteiger partial charge on any atom is -0.497 e. The smallest absolute Gasteiger partial charge is 0.313 e. The zero-order valence-electron chi connectivity index (χ0n) is 19.3. The fourth-order valence-corrected chi connectivity index (χ4v) is 5.95. The van der Waals surface area contributed by atoms with Crippen molar-refractivity contribution in [3.05, 3.63) is 65.7 Å². The van der Waals surface area contributed by atoms with Crippen LogP contribution >= 0.6 is 0 Å². The van der Waals surface area contributed by atoms with E-state index in [0.29, 0.717) is 17.7 Å². The molecule has 1 fully saturated rings. The molecule has 2 aliphatic heterocycles. The Balaban J connectivity index is 1.91. The largest absolute Gasteiger partial charge is 0.497 e. The van der Waals surface area contributed by atoms with Gasteiger partial charge in [0.15, 0.2) is 6.23 Å². The molecule has 180 valence electrons. The van der Waals surface area contributed by atoms with Crippen molar-refractivity contribution in [1.29, 1.82) is 0 Å². The summed E-state index contributed by atoms with van der Waals surface area (Å²) in [6.07, 6.45) is 0.843. The molecule has 8 nitrogen and oxygen atoms in total. The van der Waals surface area contributed by atoms with Crippen LogP contribution < -0.4 is 4.74 Å². The van der Waals surface area contributed by atoms with E-state index in [1.165, 1.54) is 19.2 Å². The number of methoxy groups -OCH3 is 1. The Labute approximate surface area is 199 Å². The third-order valence-electron chi connectivity index (χ3n) is 6.09. The summed E-state index contributed by atoms with van der Waals surface area (Å²) in [5.41, 5.74) is 1.69. The standard InChI is InChI=1S/C25H27NO7S/c1-4-32-25(28)21-15-22(17-7-9-18(31-3)10-8-17)26(24-20(21)13-14-23(27)33-24)34(29,30)19-11-5-16(2)6-12-19/h5-12,15,20-21,24H,4,13-14H2,1-3H3/t20-,21+,24-/m1/s1. The first kappa shape index (κ1) is 23.8. The highest BCUT2D eigenvalue weighted by Gasteiger charge is 2.50. The van der Waals surface area contributed by atoms with Gasteiger partial charge in [0, 0.05) is 12.3 Å². The van der Waals surface area contributed by atoms with Gasteiger partial charge in [-0.05, 0) is 68.3 Å². The number of rotatable bonds is 6. The van der Waals surface area contributed by atoms with E-state index in [-0.39, 0.29) is 23.6 Å². The van der Waals surface area contributed by atoms with E-state index in [9.17, 15) is 18.0 Å². The highest BCUT2D eigenvalue weighted by molar-refractivity contribution is 7.89. The van der Waals surface area contributed by atoms with E-state index in [0.717, 1.165) is 9.87 Å². The van der Waals surface area contributed by atoms with Crippen molar-refractivity contribution in [2.75, 3.05) is 13.7 Å². The van der Waals surface area contributed by atoms with Gasteiger partial charge in [-0.25, -0.2) is 12.7 Å². The van der Waals surface area contributed by atoms with E-state index in [1.54, 1.807) is 49.4 Å². The van der Waals surface area contributed by atoms with Crippen LogP contribution in [0.5, 0.6) is 5.75 Å². The number of nitrogens with zero attached hydrogens (tertiary/aromatic N) is 1. The summed E-state index contributed by atoms with van der Waals surface area (Å²) in [7, 11) is -2.61. The SMILES string of the molecule is CCOC(=O)[C@H]1C=C(c2ccc(OC)cc2)N(S(=O)(=O)c2ccc(C)cc2)[C@@H]2OC(=O)CC[C@H]12. The van der Waals surface area contributed by atoms with Crippen molar-refractivity contribution in [3.63, 3.8) is 0 Å². The maximum Gasteiger partial charge on any atom is 0.313 e. The first-order valence-corrected chi connectivity index (χ1v) is 12.5. The molecule has 0 N–H and O–H groups in total. The first-order valence-electron chi connectivity index (χ1n) is 11.1. The fourth-order valence-electron chi connectivity index (χ4n) is 4.35. The van der Waals surface area contributed by atoms with Crippen LogP contribution in [-0.2, 0) is 29.1 Å². The van der Waals surface area contributed by atoms with E-state index in [1.807, 2.05) is 6.92 Å². The third kappa shape index (κ3) is 4.40. The van der Waals surface area contributed by atoms with Crippen LogP contribution in [0.4, 0.5) is 0 Å². The van der Waals surface area contributed by atoms with Crippen molar-refractivity contribution >= 4 is 27.7 Å². The Morgan fingerprint density at radius 1 is 1.12 bits per heavy atom. The average Bonchev–Trinajstić information content (AvgIpc) is 2.83. The highest BCUT2D eigenvalue weighted by atomic mass is 32.2. The number of hydrogen-bond acceptors (Lipinski definition) is 7. The van der Waals surface area contributed by atoms with Gasteiger partial charge in [-0.3, -0.25) is 9.59 Å². The van der Waals surface area contributed by atoms with Gasteiger partial charge >= 0.3 is 11.9 Å². The second-order valence-corrected chi connectivity index (χ2v) is 10.1. The summed E-state index contributed by atoms with van der Waals surface area (Å²) in [5.74, 6) is -1.73. The summed E-state index contributed by atoms with van der Waals surface area (Å²) < 4.78 is 45.1. The topological polar surface area (TPSA) is 99.2 Å². The van der Waals surface area contributed by atoms with Gasteiger partial charge in [-0.1, -0.05) is 17.7 Å². The number of hydrogen-bond donors (Lipinski definition) is 0. The molecule has 0 amide bonds. The van der Waals surface area contributed by atoms with Crippen LogP contribution in [0.2, 0.25) is 0 Å². The van der Waals surface area contributed by atoms with Crippen LogP contribution in [0.3, 0.4) is 0 Å². The Bertz CT molecular complexity index is 1200. The van der Waals surface area contributed by atoms with Gasteiger partial charge < -0.3 is 14.2 Å². The molecular formula is C25H27NO7S. The zero-order valence-corrected chi connectivity index (χ0v) is 20.1. The minimum atomic E-state index is -4.14. The number of esters is 2. The lowest BCUT2D eigenvalue weighted by atomic mass is 9.81. The highest BCUT2D eigenvalue weighted by Crippen LogP contribution is 2.44. The molecule has 0 radical (unpaired) electrons. The number of fused-ring (bicyclic) bond motifs is 1. The maximum absolute atomic E-state index is 13.9. The van der Waals surface area contributed by atoms with Crippen LogP contribution in [0.15, 0.2) is 59.5 Å². The quantitative estimate of drug-likeness (QED) is 0.578. The predicted molar refractivity (Wildman–Crippen MR) is 124 cm³/mol. The lowest BCUT2D eigenvalue weighted by Crippen LogP contribution is -2.54. The average molecular weight is 486 g/mol. The van der Waals surface area contributed by atoms with Crippen molar-refractivity contribution < 1.29 is 32.2 Å². The van der Waals surface area contributed by atoms with Crippen molar-refractivity contribution in [3.8, 4) is 5.75 Å². The summed E-state index contributed by atoms with van der Waals surface area (Å²) in [6.45, 7) is 3.76. The van der Waals surface area contributed by atoms with E-state index >= 15 is 0 Å². The van der Waals surface area contributed by atoms with Gasteiger partial charge in [0.25, 0.3) is 10.0 Å². The number of sulfonamides is 1. The lowest BCUT2D eigenvalue weighted by molar-refractivity contribution is -0.173. The van der Waals surface area contributed by atoms with Gasteiger partial charge in [0.05, 0.1) is 30.2 Å². The molecular weight excluding hydrogens is 458 g/mol. The molecule has 2 aliphatic rings. The lowest BCUT2D eigenvalue weighted by Gasteiger charge is -2.45. The molecule has 34 heavy (non-hydrogen) atoms. The van der Waals surface area contributed by atoms with E-state index in [4.69, 9.17) is 14.2 Å². The number of aryl methyl sites for hydroxylation is 1. The molecule has 4 rings (SSSR count). The van der Waals surface area contributed by atoms with Crippen LogP contribution in [0.25, 0.3) is 5.70 Å². The molecule has 1 saturated heterocycles. The number of carbonyl (C=O) groups is 2. The normalized spacial score (nSPS) is 22.3. The van der Waals surface area contributed by atoms with Crippen molar-refractivity contribution in [2.24, 2.45) is 11.8 Å². The summed E-state index contributed by atoms with van der Waals surface area (Å²) >= 11 is 0. The number of carbonyl (C=O) groups excluding carboxylic acids is 2. The minimum absolute atomic E-state index is 0.0625. The summed E-state index contributed by atoms with van der Waals surface area (Å²) in [5, 5.41) is 0. The molecule has 0 unspecified atom stereocenters. The van der Waals surface area contributed by atoms with Crippen LogP contribution in [-0.4, -0.2) is 44.6 Å². The number of ether oxygens (including phenoxy) is 3. The molecule has 0 spiro atoms. The van der Waals surface area contributed by atoms with Crippen molar-refractivity contribution in [2.45, 2.75) is 37.8 Å². The molecule has 2 heterocycles. The molecule has 9 heteroatoms. The summed E-state index contributed by atoms with van der Waals surface area (Å²) in [6, 6.07) is 13.3. The monoisotopic (exact) mass is 485 g/mol. The van der Waals surface area contributed by atoms with Gasteiger partial charge in [0.2, 0.25) is 0 Å². The molecule has 0 aliphatic carbocycles. The molecule has 2 aromatic rings. The van der Waals surface area contributed by atoms with Crippen molar-refractivity contribution in [1.82, 2.24) is 4.31 Å². The first-order chi connectivity index (χ1) is 16.3. The van der Waals surface area contributed by atoms with Gasteiger partial charge in [-0.2, -0.15) is 0 Å². The Kier molecular flexibility index (Phi) is 6.65. The molecule has 0 aromatic heterocycles. The molecule has 0 bridgehead atoms. The second kappa shape index (κ2) is 9.50. The Morgan fingerprint density at radius 2 is 1.79 bits per heavy atom. The third-order valence-corrected chi connectivity index (χ3v) is 7.88. The van der Waals surface area contributed by atoms with Crippen LogP contribution in [0.1, 0.15) is 30.9 Å². The fraction of sp³-hybridized carbons (Fsp3) is 0.360. The Morgan fingerprint density at radius 3 is 2.41 bits per heavy atom.